The smallest absolute Gasteiger partial charge is 0.398 e. The molecule has 168 valence electrons. The molecule has 0 bridgehead atoms. The second kappa shape index (κ2) is 7.31. The zero-order valence-corrected chi connectivity index (χ0v) is 19.7. The Bertz CT molecular complexity index is 951. The predicted octanol–water partition coefficient (Wildman–Crippen LogP) is 4.32. The summed E-state index contributed by atoms with van der Waals surface area (Å²) in [6.07, 6.45) is 3.99. The minimum Gasteiger partial charge on any atom is -0.398 e. The summed E-state index contributed by atoms with van der Waals surface area (Å²) >= 11 is 0. The van der Waals surface area contributed by atoms with Crippen molar-refractivity contribution in [3.8, 4) is 0 Å². The maximum atomic E-state index is 6.37. The van der Waals surface area contributed by atoms with Gasteiger partial charge in [0, 0.05) is 30.5 Å². The van der Waals surface area contributed by atoms with Gasteiger partial charge in [0.15, 0.2) is 5.79 Å². The van der Waals surface area contributed by atoms with Crippen LogP contribution in [-0.4, -0.2) is 46.9 Å². The molecule has 6 nitrogen and oxygen atoms in total. The lowest BCUT2D eigenvalue weighted by atomic mass is 9.83. The Morgan fingerprint density at radius 3 is 2.19 bits per heavy atom. The lowest BCUT2D eigenvalue weighted by Gasteiger charge is -2.35. The fraction of sp³-hybridized carbons (Fsp3) is 0.708. The summed E-state index contributed by atoms with van der Waals surface area (Å²) in [5.74, 6) is 0.122. The van der Waals surface area contributed by atoms with Crippen LogP contribution in [0.3, 0.4) is 0 Å². The number of hydrogen-bond donors (Lipinski definition) is 0. The molecule has 3 aliphatic rings. The highest BCUT2D eigenvalue weighted by molar-refractivity contribution is 6.61. The summed E-state index contributed by atoms with van der Waals surface area (Å²) in [4.78, 5) is 5.11. The molecule has 2 aliphatic heterocycles. The summed E-state index contributed by atoms with van der Waals surface area (Å²) < 4.78 is 26.8. The van der Waals surface area contributed by atoms with Gasteiger partial charge in [0.25, 0.3) is 0 Å². The molecule has 1 aliphatic carbocycles. The van der Waals surface area contributed by atoms with Crippen LogP contribution in [0, 0.1) is 0 Å². The number of pyridine rings is 1. The predicted molar refractivity (Wildman–Crippen MR) is 122 cm³/mol. The zero-order valence-electron chi connectivity index (χ0n) is 19.7. The van der Waals surface area contributed by atoms with Gasteiger partial charge >= 0.3 is 7.12 Å². The first-order valence-electron chi connectivity index (χ1n) is 11.8. The third kappa shape index (κ3) is 3.54. The third-order valence-corrected chi connectivity index (χ3v) is 7.74. The van der Waals surface area contributed by atoms with Crippen molar-refractivity contribution in [1.29, 1.82) is 0 Å². The molecule has 0 atom stereocenters. The van der Waals surface area contributed by atoms with Gasteiger partial charge in [0.1, 0.15) is 0 Å². The lowest BCUT2D eigenvalue weighted by Crippen LogP contribution is -2.41. The van der Waals surface area contributed by atoms with E-state index in [0.717, 1.165) is 55.5 Å². The first kappa shape index (κ1) is 21.4. The molecule has 0 unspecified atom stereocenters. The van der Waals surface area contributed by atoms with Crippen LogP contribution >= 0.6 is 0 Å². The van der Waals surface area contributed by atoms with Gasteiger partial charge < -0.3 is 23.3 Å². The lowest BCUT2D eigenvalue weighted by molar-refractivity contribution is -0.178. The van der Waals surface area contributed by atoms with Gasteiger partial charge in [-0.25, -0.2) is 0 Å². The van der Waals surface area contributed by atoms with Crippen molar-refractivity contribution in [2.75, 3.05) is 13.2 Å². The largest absolute Gasteiger partial charge is 0.512 e. The van der Waals surface area contributed by atoms with E-state index in [9.17, 15) is 0 Å². The van der Waals surface area contributed by atoms with Crippen LogP contribution in [0.25, 0.3) is 11.0 Å². The minimum atomic E-state index is -0.392. The topological polar surface area (TPSA) is 54.7 Å². The third-order valence-electron chi connectivity index (χ3n) is 7.74. The van der Waals surface area contributed by atoms with E-state index >= 15 is 0 Å². The average Bonchev–Trinajstić information content (AvgIpc) is 3.36. The normalized spacial score (nSPS) is 25.3. The number of ether oxygens (including phenoxy) is 2. The van der Waals surface area contributed by atoms with E-state index in [1.165, 1.54) is 5.69 Å². The van der Waals surface area contributed by atoms with E-state index in [1.54, 1.807) is 0 Å². The molecule has 2 aromatic heterocycles. The molecule has 4 heterocycles. The van der Waals surface area contributed by atoms with Gasteiger partial charge in [0.2, 0.25) is 0 Å². The second-order valence-corrected chi connectivity index (χ2v) is 10.6. The Labute approximate surface area is 185 Å². The van der Waals surface area contributed by atoms with Crippen LogP contribution in [0.1, 0.15) is 84.9 Å². The summed E-state index contributed by atoms with van der Waals surface area (Å²) in [7, 11) is -0.392. The van der Waals surface area contributed by atoms with Crippen LogP contribution < -0.4 is 5.59 Å². The highest BCUT2D eigenvalue weighted by atomic mass is 16.7. The Morgan fingerprint density at radius 1 is 1.00 bits per heavy atom. The van der Waals surface area contributed by atoms with E-state index in [-0.39, 0.29) is 23.0 Å². The minimum absolute atomic E-state index is 0.283. The van der Waals surface area contributed by atoms with Crippen LogP contribution in [-0.2, 0) is 18.8 Å². The molecule has 5 rings (SSSR count). The number of aromatic nitrogens is 2. The van der Waals surface area contributed by atoms with E-state index in [0.29, 0.717) is 5.92 Å². The molecule has 1 saturated carbocycles. The summed E-state index contributed by atoms with van der Waals surface area (Å²) in [6.45, 7) is 14.2. The molecule has 0 amide bonds. The van der Waals surface area contributed by atoms with E-state index < -0.39 is 7.12 Å². The number of nitrogens with zero attached hydrogens (tertiary/aromatic N) is 2. The van der Waals surface area contributed by atoms with Crippen molar-refractivity contribution >= 4 is 23.7 Å². The van der Waals surface area contributed by atoms with Crippen molar-refractivity contribution in [3.63, 3.8) is 0 Å². The van der Waals surface area contributed by atoms with Gasteiger partial charge in [-0.1, -0.05) is 0 Å². The van der Waals surface area contributed by atoms with Crippen molar-refractivity contribution in [1.82, 2.24) is 9.55 Å². The maximum absolute atomic E-state index is 6.37. The first-order chi connectivity index (χ1) is 14.6. The zero-order chi connectivity index (χ0) is 22.0. The Kier molecular flexibility index (Phi) is 5.05. The maximum Gasteiger partial charge on any atom is 0.512 e. The average molecular weight is 426 g/mol. The molecule has 1 spiro atoms. The molecule has 2 saturated heterocycles. The fourth-order valence-electron chi connectivity index (χ4n) is 5.23. The molecule has 7 heteroatoms. The van der Waals surface area contributed by atoms with Crippen LogP contribution in [0.15, 0.2) is 18.2 Å². The highest BCUT2D eigenvalue weighted by Crippen LogP contribution is 2.42. The SMILES string of the molecule is CC(C)n1c(B2OC(C)(C)C(C)(C)O2)cc2nc(C3CCC4(CC3)OCCO4)ccc21. The Hall–Kier alpha value is -1.41. The monoisotopic (exact) mass is 426 g/mol. The van der Waals surface area contributed by atoms with E-state index in [4.69, 9.17) is 23.8 Å². The molecule has 2 aromatic rings. The molecular formula is C24H35BN2O4. The summed E-state index contributed by atoms with van der Waals surface area (Å²) in [5.41, 5.74) is 3.64. The molecule has 0 aromatic carbocycles. The fourth-order valence-corrected chi connectivity index (χ4v) is 5.23. The van der Waals surface area contributed by atoms with Gasteiger partial charge in [-0.2, -0.15) is 0 Å². The molecule has 0 N–H and O–H groups in total. The quantitative estimate of drug-likeness (QED) is 0.685. The summed E-state index contributed by atoms with van der Waals surface area (Å²) in [6, 6.07) is 6.87. The molecule has 31 heavy (non-hydrogen) atoms. The van der Waals surface area contributed by atoms with Crippen LogP contribution in [0.4, 0.5) is 0 Å². The molecule has 0 radical (unpaired) electrons. The van der Waals surface area contributed by atoms with Gasteiger partial charge in [-0.15, -0.1) is 0 Å². The summed E-state index contributed by atoms with van der Waals surface area (Å²) in [5, 5.41) is 0. The first-order valence-corrected chi connectivity index (χ1v) is 11.8. The second-order valence-electron chi connectivity index (χ2n) is 10.6. The Morgan fingerprint density at radius 2 is 1.61 bits per heavy atom. The molecular weight excluding hydrogens is 391 g/mol. The van der Waals surface area contributed by atoms with Crippen molar-refractivity contribution in [3.05, 3.63) is 23.9 Å². The Balaban J connectivity index is 1.45. The van der Waals surface area contributed by atoms with Crippen LogP contribution in [0.5, 0.6) is 0 Å². The standard InChI is InChI=1S/C24H35BN2O4/c1-16(2)27-20-8-7-18(17-9-11-24(12-10-17)28-13-14-29-24)26-19(20)15-21(27)25-30-22(3,4)23(5,6)31-25/h7-8,15-17H,9-14H2,1-6H3. The van der Waals surface area contributed by atoms with Crippen molar-refractivity contribution in [2.24, 2.45) is 0 Å². The van der Waals surface area contributed by atoms with E-state index in [1.807, 2.05) is 0 Å². The van der Waals surface area contributed by atoms with Crippen molar-refractivity contribution < 1.29 is 18.8 Å². The van der Waals surface area contributed by atoms with E-state index in [2.05, 4.69) is 64.3 Å². The van der Waals surface area contributed by atoms with Gasteiger partial charge in [-0.05, 0) is 72.6 Å². The number of rotatable bonds is 3. The highest BCUT2D eigenvalue weighted by Gasteiger charge is 2.53. The van der Waals surface area contributed by atoms with Crippen molar-refractivity contribution in [2.45, 2.75) is 96.2 Å². The van der Waals surface area contributed by atoms with Gasteiger partial charge in [-0.3, -0.25) is 4.98 Å². The molecule has 3 fully saturated rings. The van der Waals surface area contributed by atoms with Crippen LogP contribution in [0.2, 0.25) is 0 Å². The number of fused-ring (bicyclic) bond motifs is 1. The van der Waals surface area contributed by atoms with Gasteiger partial charge in [0.05, 0.1) is 41.0 Å². The number of hydrogen-bond acceptors (Lipinski definition) is 5.